The fourth-order valence-electron chi connectivity index (χ4n) is 3.68. The minimum Gasteiger partial charge on any atom is -0.481 e. The highest BCUT2D eigenvalue weighted by Crippen LogP contribution is 2.38. The Morgan fingerprint density at radius 1 is 1.38 bits per heavy atom. The van der Waals surface area contributed by atoms with Crippen molar-refractivity contribution >= 4 is 22.7 Å². The summed E-state index contributed by atoms with van der Waals surface area (Å²) in [5.74, 6) is 0.481. The summed E-state index contributed by atoms with van der Waals surface area (Å²) < 4.78 is 0. The minimum atomic E-state index is -1.15. The molecule has 0 saturated carbocycles. The maximum Gasteiger partial charge on any atom is 0.314 e. The van der Waals surface area contributed by atoms with E-state index in [0.29, 0.717) is 31.6 Å². The summed E-state index contributed by atoms with van der Waals surface area (Å²) in [7, 11) is 0. The van der Waals surface area contributed by atoms with Gasteiger partial charge in [-0.3, -0.25) is 4.79 Å². The van der Waals surface area contributed by atoms with Crippen LogP contribution >= 0.6 is 0 Å². The molecule has 1 aromatic carbocycles. The maximum atomic E-state index is 12.0. The van der Waals surface area contributed by atoms with Crippen LogP contribution in [0.15, 0.2) is 24.3 Å². The van der Waals surface area contributed by atoms with Crippen molar-refractivity contribution in [3.05, 3.63) is 30.1 Å². The first-order valence-electron chi connectivity index (χ1n) is 8.37. The monoisotopic (exact) mass is 329 g/mol. The molecule has 1 aliphatic rings. The number of aliphatic carboxylic acids is 1. The van der Waals surface area contributed by atoms with Crippen LogP contribution in [0.4, 0.5) is 5.82 Å². The number of hydrogen-bond acceptors (Lipinski definition) is 5. The summed E-state index contributed by atoms with van der Waals surface area (Å²) in [6, 6.07) is 7.75. The lowest BCUT2D eigenvalue weighted by atomic mass is 9.74. The number of benzene rings is 1. The lowest BCUT2D eigenvalue weighted by Gasteiger charge is -2.44. The molecule has 0 bridgehead atoms. The van der Waals surface area contributed by atoms with Crippen LogP contribution in [0.3, 0.4) is 0 Å². The number of piperidine rings is 1. The van der Waals surface area contributed by atoms with Gasteiger partial charge in [-0.15, -0.1) is 0 Å². The summed E-state index contributed by atoms with van der Waals surface area (Å²) in [5, 5.41) is 21.1. The van der Waals surface area contributed by atoms with Crippen molar-refractivity contribution in [1.29, 1.82) is 0 Å². The zero-order chi connectivity index (χ0) is 17.3. The molecule has 0 amide bonds. The van der Waals surface area contributed by atoms with E-state index >= 15 is 0 Å². The highest BCUT2D eigenvalue weighted by Gasteiger charge is 2.49. The number of carbonyl (C=O) groups is 1. The molecule has 128 valence electrons. The van der Waals surface area contributed by atoms with Gasteiger partial charge in [-0.25, -0.2) is 9.97 Å². The van der Waals surface area contributed by atoms with Crippen LogP contribution in [0.25, 0.3) is 10.9 Å². The quantitative estimate of drug-likeness (QED) is 0.895. The number of nitrogens with zero attached hydrogens (tertiary/aromatic N) is 3. The highest BCUT2D eigenvalue weighted by molar-refractivity contribution is 5.90. The van der Waals surface area contributed by atoms with Crippen LogP contribution in [-0.4, -0.2) is 45.3 Å². The van der Waals surface area contributed by atoms with E-state index < -0.39 is 17.5 Å². The van der Waals surface area contributed by atoms with Crippen molar-refractivity contribution in [3.8, 4) is 0 Å². The van der Waals surface area contributed by atoms with Crippen LogP contribution in [-0.2, 0) is 4.79 Å². The van der Waals surface area contributed by atoms with Gasteiger partial charge in [-0.05, 0) is 31.9 Å². The Morgan fingerprint density at radius 2 is 2.12 bits per heavy atom. The molecule has 1 aliphatic heterocycles. The zero-order valence-electron chi connectivity index (χ0n) is 14.1. The molecule has 1 saturated heterocycles. The van der Waals surface area contributed by atoms with Gasteiger partial charge in [0.2, 0.25) is 0 Å². The molecule has 0 radical (unpaired) electrons. The standard InChI is InChI=1S/C18H23N3O3/c1-3-9-18(17(23)24)11-21(10-8-15(18)22)16-13-6-4-5-7-14(13)19-12(2)20-16/h4-7,15,22H,3,8-11H2,1-2H3,(H,23,24)/t15-,18+/m1/s1. The van der Waals surface area contributed by atoms with Gasteiger partial charge in [0.05, 0.1) is 11.6 Å². The first-order valence-corrected chi connectivity index (χ1v) is 8.37. The minimum absolute atomic E-state index is 0.262. The van der Waals surface area contributed by atoms with Crippen LogP contribution in [0.5, 0.6) is 0 Å². The Bertz CT molecular complexity index is 764. The molecule has 24 heavy (non-hydrogen) atoms. The van der Waals surface area contributed by atoms with Gasteiger partial charge in [0.1, 0.15) is 17.1 Å². The Labute approximate surface area is 141 Å². The number of aromatic nitrogens is 2. The number of anilines is 1. The van der Waals surface area contributed by atoms with Gasteiger partial charge in [-0.2, -0.15) is 0 Å². The number of fused-ring (bicyclic) bond motifs is 1. The zero-order valence-corrected chi connectivity index (χ0v) is 14.1. The van der Waals surface area contributed by atoms with Crippen LogP contribution in [0.1, 0.15) is 32.0 Å². The molecule has 0 unspecified atom stereocenters. The maximum absolute atomic E-state index is 12.0. The summed E-state index contributed by atoms with van der Waals surface area (Å²) in [6.45, 7) is 4.63. The van der Waals surface area contributed by atoms with Crippen molar-refractivity contribution in [2.24, 2.45) is 5.41 Å². The number of rotatable bonds is 4. The molecule has 1 aromatic heterocycles. The van der Waals surface area contributed by atoms with Gasteiger partial charge in [0.15, 0.2) is 0 Å². The molecule has 1 fully saturated rings. The normalized spacial score (nSPS) is 24.3. The van der Waals surface area contributed by atoms with Gasteiger partial charge in [0, 0.05) is 18.5 Å². The molecular weight excluding hydrogens is 306 g/mol. The van der Waals surface area contributed by atoms with Crippen molar-refractivity contribution in [3.63, 3.8) is 0 Å². The Kier molecular flexibility index (Phi) is 4.41. The predicted molar refractivity (Wildman–Crippen MR) is 92.1 cm³/mol. The van der Waals surface area contributed by atoms with Crippen molar-refractivity contribution in [2.45, 2.75) is 39.2 Å². The average molecular weight is 329 g/mol. The van der Waals surface area contributed by atoms with E-state index in [9.17, 15) is 15.0 Å². The SMILES string of the molecule is CCC[C@]1(C(=O)O)CN(c2nc(C)nc3ccccc23)CC[C@H]1O. The third-order valence-corrected chi connectivity index (χ3v) is 4.90. The van der Waals surface area contributed by atoms with Crippen LogP contribution < -0.4 is 4.90 Å². The molecule has 2 heterocycles. The van der Waals surface area contributed by atoms with Crippen molar-refractivity contribution in [1.82, 2.24) is 9.97 Å². The molecule has 2 aromatic rings. The summed E-state index contributed by atoms with van der Waals surface area (Å²) in [6.07, 6.45) is 0.743. The van der Waals surface area contributed by atoms with E-state index in [1.807, 2.05) is 43.0 Å². The fraction of sp³-hybridized carbons (Fsp3) is 0.500. The second kappa shape index (κ2) is 6.36. The largest absolute Gasteiger partial charge is 0.481 e. The first kappa shape index (κ1) is 16.6. The third-order valence-electron chi connectivity index (χ3n) is 4.90. The second-order valence-electron chi connectivity index (χ2n) is 6.55. The summed E-state index contributed by atoms with van der Waals surface area (Å²) >= 11 is 0. The fourth-order valence-corrected chi connectivity index (χ4v) is 3.68. The number of hydrogen-bond donors (Lipinski definition) is 2. The summed E-state index contributed by atoms with van der Waals surface area (Å²) in [5.41, 5.74) is -0.296. The van der Waals surface area contributed by atoms with E-state index in [0.717, 1.165) is 16.7 Å². The number of aliphatic hydroxyl groups excluding tert-OH is 1. The van der Waals surface area contributed by atoms with E-state index in [1.165, 1.54) is 0 Å². The average Bonchev–Trinajstić information content (AvgIpc) is 2.56. The second-order valence-corrected chi connectivity index (χ2v) is 6.55. The topological polar surface area (TPSA) is 86.5 Å². The number of aliphatic hydroxyl groups is 1. The number of aryl methyl sites for hydroxylation is 1. The first-order chi connectivity index (χ1) is 11.5. The molecule has 2 N–H and O–H groups in total. The molecule has 6 heteroatoms. The van der Waals surface area contributed by atoms with E-state index in [1.54, 1.807) is 0 Å². The highest BCUT2D eigenvalue weighted by atomic mass is 16.4. The molecule has 0 spiro atoms. The Morgan fingerprint density at radius 3 is 2.83 bits per heavy atom. The molecule has 6 nitrogen and oxygen atoms in total. The van der Waals surface area contributed by atoms with Crippen molar-refractivity contribution < 1.29 is 15.0 Å². The van der Waals surface area contributed by atoms with Gasteiger partial charge in [0.25, 0.3) is 0 Å². The van der Waals surface area contributed by atoms with Gasteiger partial charge < -0.3 is 15.1 Å². The summed E-state index contributed by atoms with van der Waals surface area (Å²) in [4.78, 5) is 23.0. The molecular formula is C18H23N3O3. The van der Waals surface area contributed by atoms with Crippen LogP contribution in [0, 0.1) is 12.3 Å². The predicted octanol–water partition coefficient (Wildman–Crippen LogP) is 2.38. The smallest absolute Gasteiger partial charge is 0.314 e. The lowest BCUT2D eigenvalue weighted by Crippen LogP contribution is -2.56. The van der Waals surface area contributed by atoms with Crippen molar-refractivity contribution in [2.75, 3.05) is 18.0 Å². The molecule has 0 aliphatic carbocycles. The van der Waals surface area contributed by atoms with E-state index in [2.05, 4.69) is 9.97 Å². The van der Waals surface area contributed by atoms with E-state index in [4.69, 9.17) is 0 Å². The van der Waals surface area contributed by atoms with Gasteiger partial charge in [-0.1, -0.05) is 25.5 Å². The van der Waals surface area contributed by atoms with Crippen LogP contribution in [0.2, 0.25) is 0 Å². The molecule has 2 atom stereocenters. The third kappa shape index (κ3) is 2.71. The van der Waals surface area contributed by atoms with E-state index in [-0.39, 0.29) is 6.54 Å². The van der Waals surface area contributed by atoms with Gasteiger partial charge >= 0.3 is 5.97 Å². The lowest BCUT2D eigenvalue weighted by molar-refractivity contribution is -0.158. The Hall–Kier alpha value is -2.21. The number of carboxylic acids is 1. The molecule has 3 rings (SSSR count). The Balaban J connectivity index is 2.06. The number of para-hydroxylation sites is 1. The number of carboxylic acid groups (broad SMARTS) is 1.